The monoisotopic (exact) mass is 426 g/mol. The van der Waals surface area contributed by atoms with E-state index in [1.54, 1.807) is 0 Å². The zero-order valence-electron chi connectivity index (χ0n) is 17.6. The second-order valence-corrected chi connectivity index (χ2v) is 8.44. The van der Waals surface area contributed by atoms with Gasteiger partial charge in [0.1, 0.15) is 40.4 Å². The summed E-state index contributed by atoms with van der Waals surface area (Å²) in [5, 5.41) is 10.7. The number of ketones is 2. The number of hydrogen-bond donors (Lipinski definition) is 1. The second-order valence-electron chi connectivity index (χ2n) is 8.44. The Morgan fingerprint density at radius 1 is 1.16 bits per heavy atom. The van der Waals surface area contributed by atoms with Gasteiger partial charge in [0.2, 0.25) is 0 Å². The van der Waals surface area contributed by atoms with Gasteiger partial charge in [-0.25, -0.2) is 0 Å². The van der Waals surface area contributed by atoms with E-state index in [9.17, 15) is 14.7 Å². The summed E-state index contributed by atoms with van der Waals surface area (Å²) in [6, 6.07) is 1.41. The van der Waals surface area contributed by atoms with Crippen molar-refractivity contribution in [2.45, 2.75) is 31.2 Å². The molecule has 162 valence electrons. The molecule has 4 aliphatic rings. The summed E-state index contributed by atoms with van der Waals surface area (Å²) >= 11 is 0. The highest BCUT2D eigenvalue weighted by Gasteiger charge is 2.62. The number of phenolic OH excluding ortho intramolecular Hbond substituents is 1. The number of carbonyl (C=O) groups is 2. The van der Waals surface area contributed by atoms with E-state index < -0.39 is 34.8 Å². The quantitative estimate of drug-likeness (QED) is 0.770. The number of benzene rings is 1. The largest absolute Gasteiger partial charge is 0.507 e. The van der Waals surface area contributed by atoms with Gasteiger partial charge in [-0.05, 0) is 26.0 Å². The average Bonchev–Trinajstić information content (AvgIpc) is 3.08. The van der Waals surface area contributed by atoms with Gasteiger partial charge in [0.15, 0.2) is 28.7 Å². The van der Waals surface area contributed by atoms with Crippen LogP contribution in [0, 0.1) is 5.92 Å². The summed E-state index contributed by atoms with van der Waals surface area (Å²) < 4.78 is 28.5. The molecule has 0 saturated carbocycles. The normalized spacial score (nSPS) is 29.8. The zero-order valence-corrected chi connectivity index (χ0v) is 17.6. The van der Waals surface area contributed by atoms with Crippen LogP contribution in [0.25, 0.3) is 6.08 Å². The first-order valence-corrected chi connectivity index (χ1v) is 9.91. The van der Waals surface area contributed by atoms with E-state index in [1.807, 2.05) is 26.0 Å². The molecule has 5 rings (SSSR count). The van der Waals surface area contributed by atoms with Crippen LogP contribution in [0.15, 0.2) is 35.8 Å². The molecule has 1 N–H and O–H groups in total. The molecule has 1 spiro atoms. The van der Waals surface area contributed by atoms with E-state index >= 15 is 0 Å². The predicted octanol–water partition coefficient (Wildman–Crippen LogP) is 2.55. The minimum Gasteiger partial charge on any atom is -0.507 e. The van der Waals surface area contributed by atoms with E-state index in [-0.39, 0.29) is 35.2 Å². The molecule has 1 fully saturated rings. The van der Waals surface area contributed by atoms with Gasteiger partial charge in [-0.2, -0.15) is 0 Å². The summed E-state index contributed by atoms with van der Waals surface area (Å²) in [5.41, 5.74) is -1.57. The molecule has 0 radical (unpaired) electrons. The van der Waals surface area contributed by atoms with Gasteiger partial charge in [-0.15, -0.1) is 0 Å². The summed E-state index contributed by atoms with van der Waals surface area (Å²) in [5.74, 6) is -0.935. The number of methoxy groups -OCH3 is 2. The lowest BCUT2D eigenvalue weighted by atomic mass is 9.73. The summed E-state index contributed by atoms with van der Waals surface area (Å²) in [6.07, 6.45) is 5.68. The number of rotatable bonds is 2. The Hall–Kier alpha value is -3.26. The lowest BCUT2D eigenvalue weighted by Gasteiger charge is -2.37. The van der Waals surface area contributed by atoms with Gasteiger partial charge in [-0.1, -0.05) is 0 Å². The lowest BCUT2D eigenvalue weighted by Crippen LogP contribution is -2.51. The van der Waals surface area contributed by atoms with Crippen molar-refractivity contribution in [3.8, 4) is 17.2 Å². The van der Waals surface area contributed by atoms with Crippen LogP contribution in [0.3, 0.4) is 0 Å². The number of ether oxygens (including phenoxy) is 5. The van der Waals surface area contributed by atoms with Crippen molar-refractivity contribution in [2.75, 3.05) is 20.8 Å². The third-order valence-electron chi connectivity index (χ3n) is 6.08. The van der Waals surface area contributed by atoms with Gasteiger partial charge in [-0.3, -0.25) is 9.59 Å². The van der Waals surface area contributed by atoms with Gasteiger partial charge in [0.05, 0.1) is 26.4 Å². The molecular formula is C23H22O8. The molecule has 1 saturated heterocycles. The van der Waals surface area contributed by atoms with E-state index in [0.29, 0.717) is 11.3 Å². The van der Waals surface area contributed by atoms with Crippen LogP contribution in [-0.2, 0) is 19.0 Å². The van der Waals surface area contributed by atoms with Gasteiger partial charge in [0, 0.05) is 18.2 Å². The lowest BCUT2D eigenvalue weighted by molar-refractivity contribution is -0.131. The Kier molecular flexibility index (Phi) is 4.05. The van der Waals surface area contributed by atoms with Gasteiger partial charge < -0.3 is 28.8 Å². The van der Waals surface area contributed by atoms with E-state index in [0.717, 1.165) is 0 Å². The van der Waals surface area contributed by atoms with E-state index in [1.165, 1.54) is 32.4 Å². The van der Waals surface area contributed by atoms with E-state index in [4.69, 9.17) is 23.7 Å². The number of carbonyl (C=O) groups excluding carboxylic acids is 2. The number of fused-ring (bicyclic) bond motifs is 5. The standard InChI is InChI=1S/C23H22O8/c1-22(2)6-5-11-13(31-22)7-12(24)18-20(26)19-16(30-21(11)18)10-29-23(19)9-15(28-4)14(27-3)8-17(23)25/h5-9,16,19,24H,10H2,1-4H3/t16-,19+,23+/m1/s1. The molecule has 31 heavy (non-hydrogen) atoms. The number of phenols is 1. The van der Waals surface area contributed by atoms with Crippen LogP contribution >= 0.6 is 0 Å². The maximum atomic E-state index is 13.6. The highest BCUT2D eigenvalue weighted by molar-refractivity contribution is 6.12. The Labute approximate surface area is 178 Å². The van der Waals surface area contributed by atoms with Crippen molar-refractivity contribution in [1.82, 2.24) is 0 Å². The van der Waals surface area contributed by atoms with Crippen molar-refractivity contribution in [2.24, 2.45) is 5.92 Å². The fraction of sp³-hybridized carbons (Fsp3) is 0.391. The Morgan fingerprint density at radius 3 is 2.61 bits per heavy atom. The average molecular weight is 426 g/mol. The first kappa shape index (κ1) is 19.7. The molecule has 0 bridgehead atoms. The first-order valence-electron chi connectivity index (χ1n) is 9.91. The molecule has 0 aromatic heterocycles. The topological polar surface area (TPSA) is 101 Å². The molecule has 3 heterocycles. The fourth-order valence-electron chi connectivity index (χ4n) is 4.61. The number of Topliss-reactive ketones (excluding diaryl/α,β-unsaturated/α-hetero) is 1. The summed E-state index contributed by atoms with van der Waals surface area (Å²) in [7, 11) is 2.86. The third-order valence-corrected chi connectivity index (χ3v) is 6.08. The van der Waals surface area contributed by atoms with Crippen molar-refractivity contribution in [3.63, 3.8) is 0 Å². The maximum Gasteiger partial charge on any atom is 0.196 e. The van der Waals surface area contributed by atoms with Crippen molar-refractivity contribution < 1.29 is 38.4 Å². The fourth-order valence-corrected chi connectivity index (χ4v) is 4.61. The van der Waals surface area contributed by atoms with E-state index in [2.05, 4.69) is 0 Å². The smallest absolute Gasteiger partial charge is 0.196 e. The molecule has 8 nitrogen and oxygen atoms in total. The maximum absolute atomic E-state index is 13.6. The zero-order chi connectivity index (χ0) is 22.1. The van der Waals surface area contributed by atoms with Crippen LogP contribution in [0.1, 0.15) is 29.8 Å². The SMILES string of the molecule is COC1=CC(=O)[C@]2(C=C1OC)OC[C@H]1Oc3c4c(cc(O)c3C(=O)[C@H]12)OC(C)(C)C=C4. The van der Waals surface area contributed by atoms with Crippen molar-refractivity contribution in [3.05, 3.63) is 46.9 Å². The molecule has 1 aromatic rings. The minimum absolute atomic E-state index is 0.0134. The van der Waals surface area contributed by atoms with Crippen LogP contribution in [-0.4, -0.2) is 54.8 Å². The van der Waals surface area contributed by atoms with Crippen LogP contribution in [0.5, 0.6) is 17.2 Å². The van der Waals surface area contributed by atoms with Crippen LogP contribution in [0.4, 0.5) is 0 Å². The van der Waals surface area contributed by atoms with Crippen LogP contribution in [0.2, 0.25) is 0 Å². The Bertz CT molecular complexity index is 1110. The van der Waals surface area contributed by atoms with Gasteiger partial charge >= 0.3 is 0 Å². The number of hydrogen-bond acceptors (Lipinski definition) is 8. The molecule has 3 aliphatic heterocycles. The van der Waals surface area contributed by atoms with Crippen molar-refractivity contribution >= 4 is 17.6 Å². The van der Waals surface area contributed by atoms with Crippen LogP contribution < -0.4 is 9.47 Å². The predicted molar refractivity (Wildman–Crippen MR) is 108 cm³/mol. The van der Waals surface area contributed by atoms with Crippen molar-refractivity contribution in [1.29, 1.82) is 0 Å². The molecular weight excluding hydrogens is 404 g/mol. The molecule has 8 heteroatoms. The molecule has 0 unspecified atom stereocenters. The minimum atomic E-state index is -1.59. The molecule has 3 atom stereocenters. The molecule has 1 aromatic carbocycles. The Morgan fingerprint density at radius 2 is 1.90 bits per heavy atom. The molecule has 1 aliphatic carbocycles. The first-order chi connectivity index (χ1) is 14.7. The Balaban J connectivity index is 1.63. The highest BCUT2D eigenvalue weighted by atomic mass is 16.6. The third kappa shape index (κ3) is 2.64. The number of aromatic hydroxyl groups is 1. The summed E-state index contributed by atoms with van der Waals surface area (Å²) in [6.45, 7) is 3.79. The molecule has 0 amide bonds. The highest BCUT2D eigenvalue weighted by Crippen LogP contribution is 2.52. The second kappa shape index (κ2) is 6.37. The van der Waals surface area contributed by atoms with Gasteiger partial charge in [0.25, 0.3) is 0 Å². The summed E-state index contributed by atoms with van der Waals surface area (Å²) in [4.78, 5) is 26.7.